The van der Waals surface area contributed by atoms with Crippen molar-refractivity contribution in [1.29, 1.82) is 0 Å². The van der Waals surface area contributed by atoms with Crippen LogP contribution >= 0.6 is 0 Å². The summed E-state index contributed by atoms with van der Waals surface area (Å²) in [5.41, 5.74) is 2.11. The number of hydrogen-bond donors (Lipinski definition) is 0. The highest BCUT2D eigenvalue weighted by atomic mass is 16.2. The van der Waals surface area contributed by atoms with Crippen molar-refractivity contribution < 1.29 is 4.79 Å². The van der Waals surface area contributed by atoms with Crippen molar-refractivity contribution in [3.63, 3.8) is 0 Å². The maximum Gasteiger partial charge on any atom is 0.234 e. The van der Waals surface area contributed by atoms with Crippen molar-refractivity contribution in [2.75, 3.05) is 13.6 Å². The van der Waals surface area contributed by atoms with Gasteiger partial charge in [-0.2, -0.15) is 0 Å². The monoisotopic (exact) mass is 304 g/mol. The van der Waals surface area contributed by atoms with Gasteiger partial charge in [0.15, 0.2) is 0 Å². The molecule has 0 aliphatic carbocycles. The van der Waals surface area contributed by atoms with Crippen molar-refractivity contribution in [2.24, 2.45) is 5.92 Å². The topological polar surface area (TPSA) is 33.2 Å². The molecule has 2 heterocycles. The quantitative estimate of drug-likeness (QED) is 0.759. The highest BCUT2D eigenvalue weighted by molar-refractivity contribution is 5.89. The molecule has 3 rings (SSSR count). The number of amides is 1. The molecule has 1 aliphatic heterocycles. The molecule has 0 bridgehead atoms. The molecule has 1 aliphatic rings. The van der Waals surface area contributed by atoms with E-state index in [2.05, 4.69) is 23.7 Å². The summed E-state index contributed by atoms with van der Waals surface area (Å²) < 4.78 is 0. The average molecular weight is 304 g/mol. The lowest BCUT2D eigenvalue weighted by atomic mass is 9.77. The molecule has 1 aromatic heterocycles. The second-order valence-electron chi connectivity index (χ2n) is 6.34. The fourth-order valence-electron chi connectivity index (χ4n) is 3.09. The minimum atomic E-state index is -0.542. The van der Waals surface area contributed by atoms with Gasteiger partial charge in [-0.15, -0.1) is 0 Å². The Kier molecular flexibility index (Phi) is 3.92. The molecule has 0 saturated carbocycles. The normalized spacial score (nSPS) is 23.5. The minimum absolute atomic E-state index is 0.139. The lowest BCUT2D eigenvalue weighted by molar-refractivity contribution is -0.131. The molecule has 1 amide bonds. The number of carbonyl (C=O) groups excluding carboxylic acids is 1. The standard InChI is InChI=1S/C20H20N2O/c1-15-14-22(3)19(23)20(15,2)18-12-11-17(13-21-18)10-9-16-7-5-4-6-8-16/h4-8,11-13,15H,14H2,1-3H3. The number of benzene rings is 1. The Hall–Kier alpha value is -2.60. The molecule has 1 saturated heterocycles. The van der Waals surface area contributed by atoms with Crippen molar-refractivity contribution in [3.8, 4) is 11.8 Å². The van der Waals surface area contributed by atoms with E-state index in [0.717, 1.165) is 23.4 Å². The highest BCUT2D eigenvalue weighted by Crippen LogP contribution is 2.38. The molecule has 3 nitrogen and oxygen atoms in total. The van der Waals surface area contributed by atoms with Crippen LogP contribution in [0.3, 0.4) is 0 Å². The molecule has 2 unspecified atom stereocenters. The number of hydrogen-bond acceptors (Lipinski definition) is 2. The first kappa shape index (κ1) is 15.3. The van der Waals surface area contributed by atoms with Crippen molar-refractivity contribution in [2.45, 2.75) is 19.3 Å². The lowest BCUT2D eigenvalue weighted by Gasteiger charge is -2.25. The predicted octanol–water partition coefficient (Wildman–Crippen LogP) is 2.85. The Labute approximate surface area is 137 Å². The minimum Gasteiger partial charge on any atom is -0.345 e. The van der Waals surface area contributed by atoms with E-state index in [0.29, 0.717) is 0 Å². The molecule has 1 aromatic carbocycles. The van der Waals surface area contributed by atoms with Gasteiger partial charge in [0.05, 0.1) is 11.1 Å². The van der Waals surface area contributed by atoms with Gasteiger partial charge in [0, 0.05) is 30.9 Å². The number of carbonyl (C=O) groups is 1. The molecule has 2 aromatic rings. The summed E-state index contributed by atoms with van der Waals surface area (Å²) >= 11 is 0. The summed E-state index contributed by atoms with van der Waals surface area (Å²) in [5.74, 6) is 6.62. The van der Waals surface area contributed by atoms with Crippen LogP contribution in [0, 0.1) is 17.8 Å². The lowest BCUT2D eigenvalue weighted by Crippen LogP contribution is -2.37. The number of likely N-dealkylation sites (tertiary alicyclic amines) is 1. The van der Waals surface area contributed by atoms with E-state index in [1.54, 1.807) is 11.1 Å². The van der Waals surface area contributed by atoms with Gasteiger partial charge in [0.1, 0.15) is 0 Å². The van der Waals surface area contributed by atoms with Crippen LogP contribution in [0.1, 0.15) is 30.7 Å². The van der Waals surface area contributed by atoms with Crippen LogP contribution in [-0.4, -0.2) is 29.4 Å². The van der Waals surface area contributed by atoms with Crippen LogP contribution in [0.25, 0.3) is 0 Å². The first-order valence-electron chi connectivity index (χ1n) is 7.81. The van der Waals surface area contributed by atoms with Gasteiger partial charge in [-0.3, -0.25) is 9.78 Å². The Morgan fingerprint density at radius 3 is 2.39 bits per heavy atom. The number of rotatable bonds is 1. The molecule has 1 fully saturated rings. The number of aromatic nitrogens is 1. The maximum atomic E-state index is 12.5. The van der Waals surface area contributed by atoms with Crippen LogP contribution in [-0.2, 0) is 10.2 Å². The first-order chi connectivity index (χ1) is 11.0. The SMILES string of the molecule is CC1CN(C)C(=O)C1(C)c1ccc(C#Cc2ccccc2)cn1. The second-order valence-corrected chi connectivity index (χ2v) is 6.34. The number of nitrogens with zero attached hydrogens (tertiary/aromatic N) is 2. The summed E-state index contributed by atoms with van der Waals surface area (Å²) in [6, 6.07) is 13.7. The Morgan fingerprint density at radius 2 is 1.83 bits per heavy atom. The van der Waals surface area contributed by atoms with E-state index in [1.807, 2.05) is 56.4 Å². The molecule has 0 N–H and O–H groups in total. The Morgan fingerprint density at radius 1 is 1.13 bits per heavy atom. The molecular weight excluding hydrogens is 284 g/mol. The van der Waals surface area contributed by atoms with Gasteiger partial charge in [-0.25, -0.2) is 0 Å². The molecule has 0 radical (unpaired) electrons. The van der Waals surface area contributed by atoms with Crippen molar-refractivity contribution in [3.05, 3.63) is 65.5 Å². The Bertz CT molecular complexity index is 771. The number of likely N-dealkylation sites (N-methyl/N-ethyl adjacent to an activating group) is 1. The largest absolute Gasteiger partial charge is 0.345 e. The van der Waals surface area contributed by atoms with E-state index in [9.17, 15) is 4.79 Å². The third kappa shape index (κ3) is 2.73. The fraction of sp³-hybridized carbons (Fsp3) is 0.300. The van der Waals surface area contributed by atoms with Gasteiger partial charge >= 0.3 is 0 Å². The highest BCUT2D eigenvalue weighted by Gasteiger charge is 2.49. The van der Waals surface area contributed by atoms with Gasteiger partial charge in [-0.05, 0) is 37.1 Å². The fourth-order valence-corrected chi connectivity index (χ4v) is 3.09. The third-order valence-corrected chi connectivity index (χ3v) is 4.74. The first-order valence-corrected chi connectivity index (χ1v) is 7.81. The maximum absolute atomic E-state index is 12.5. The zero-order valence-electron chi connectivity index (χ0n) is 13.7. The molecule has 23 heavy (non-hydrogen) atoms. The summed E-state index contributed by atoms with van der Waals surface area (Å²) in [6.07, 6.45) is 1.76. The Balaban J connectivity index is 1.86. The second kappa shape index (κ2) is 5.89. The van der Waals surface area contributed by atoms with E-state index in [1.165, 1.54) is 0 Å². The van der Waals surface area contributed by atoms with Gasteiger partial charge in [0.2, 0.25) is 5.91 Å². The molecular formula is C20H20N2O. The van der Waals surface area contributed by atoms with E-state index < -0.39 is 5.41 Å². The summed E-state index contributed by atoms with van der Waals surface area (Å²) in [4.78, 5) is 18.8. The molecule has 3 heteroatoms. The molecule has 116 valence electrons. The molecule has 0 spiro atoms. The zero-order valence-corrected chi connectivity index (χ0v) is 13.7. The van der Waals surface area contributed by atoms with E-state index >= 15 is 0 Å². The summed E-state index contributed by atoms with van der Waals surface area (Å²) in [6.45, 7) is 4.86. The van der Waals surface area contributed by atoms with Gasteiger partial charge < -0.3 is 4.90 Å². The van der Waals surface area contributed by atoms with E-state index in [4.69, 9.17) is 0 Å². The predicted molar refractivity (Wildman–Crippen MR) is 90.8 cm³/mol. The van der Waals surface area contributed by atoms with Gasteiger partial charge in [0.25, 0.3) is 0 Å². The van der Waals surface area contributed by atoms with Gasteiger partial charge in [-0.1, -0.05) is 37.0 Å². The van der Waals surface area contributed by atoms with Crippen molar-refractivity contribution in [1.82, 2.24) is 9.88 Å². The van der Waals surface area contributed by atoms with Crippen LogP contribution < -0.4 is 0 Å². The van der Waals surface area contributed by atoms with Crippen LogP contribution in [0.2, 0.25) is 0 Å². The summed E-state index contributed by atoms with van der Waals surface area (Å²) in [7, 11) is 1.85. The average Bonchev–Trinajstić information content (AvgIpc) is 2.78. The van der Waals surface area contributed by atoms with E-state index in [-0.39, 0.29) is 11.8 Å². The van der Waals surface area contributed by atoms with Crippen LogP contribution in [0.5, 0.6) is 0 Å². The summed E-state index contributed by atoms with van der Waals surface area (Å²) in [5, 5.41) is 0. The third-order valence-electron chi connectivity index (χ3n) is 4.74. The molecule has 2 atom stereocenters. The zero-order chi connectivity index (χ0) is 16.4. The van der Waals surface area contributed by atoms with Crippen molar-refractivity contribution >= 4 is 5.91 Å². The smallest absolute Gasteiger partial charge is 0.234 e. The van der Waals surface area contributed by atoms with Crippen LogP contribution in [0.4, 0.5) is 0 Å². The number of pyridine rings is 1. The van der Waals surface area contributed by atoms with Crippen LogP contribution in [0.15, 0.2) is 48.7 Å².